The minimum Gasteiger partial charge on any atom is -0.368 e. The van der Waals surface area contributed by atoms with Gasteiger partial charge in [-0.25, -0.2) is 0 Å². The molecule has 0 spiro atoms. The number of pyridine rings is 1. The first-order valence-corrected chi connectivity index (χ1v) is 8.21. The van der Waals surface area contributed by atoms with Crippen molar-refractivity contribution < 1.29 is 9.59 Å². The zero-order valence-corrected chi connectivity index (χ0v) is 13.9. The van der Waals surface area contributed by atoms with E-state index in [4.69, 9.17) is 17.3 Å². The SMILES string of the molecule is NC(=O)CN(C(=O)c1cccnc1)C1CCCc2ccc(Cl)cc21. The van der Waals surface area contributed by atoms with Crippen LogP contribution in [0.2, 0.25) is 5.02 Å². The van der Waals surface area contributed by atoms with Crippen molar-refractivity contribution in [1.82, 2.24) is 9.88 Å². The Bertz CT molecular complexity index is 764. The molecule has 1 atom stereocenters. The normalized spacial score (nSPS) is 16.3. The molecule has 124 valence electrons. The molecule has 0 aliphatic heterocycles. The van der Waals surface area contributed by atoms with Gasteiger partial charge in [0.1, 0.15) is 6.54 Å². The molecule has 0 radical (unpaired) electrons. The summed E-state index contributed by atoms with van der Waals surface area (Å²) in [6, 6.07) is 8.88. The van der Waals surface area contributed by atoms with Crippen molar-refractivity contribution in [1.29, 1.82) is 0 Å². The van der Waals surface area contributed by atoms with Crippen molar-refractivity contribution in [2.24, 2.45) is 5.73 Å². The van der Waals surface area contributed by atoms with Gasteiger partial charge in [-0.15, -0.1) is 0 Å². The van der Waals surface area contributed by atoms with Gasteiger partial charge in [-0.2, -0.15) is 0 Å². The molecule has 6 heteroatoms. The van der Waals surface area contributed by atoms with Gasteiger partial charge in [0, 0.05) is 17.4 Å². The van der Waals surface area contributed by atoms with Gasteiger partial charge in [-0.1, -0.05) is 17.7 Å². The standard InChI is InChI=1S/C18H18ClN3O2/c19-14-7-6-12-3-1-5-16(15(12)9-14)22(11-17(20)23)18(24)13-4-2-8-21-10-13/h2,4,6-10,16H,1,3,5,11H2,(H2,20,23). The number of primary amides is 1. The Morgan fingerprint density at radius 1 is 1.33 bits per heavy atom. The van der Waals surface area contributed by atoms with Crippen LogP contribution in [0.5, 0.6) is 0 Å². The molecule has 1 aliphatic rings. The Balaban J connectivity index is 2.00. The number of carbonyl (C=O) groups is 2. The summed E-state index contributed by atoms with van der Waals surface area (Å²) >= 11 is 6.14. The Morgan fingerprint density at radius 2 is 2.17 bits per heavy atom. The number of aromatic nitrogens is 1. The molecular formula is C18H18ClN3O2. The highest BCUT2D eigenvalue weighted by Gasteiger charge is 2.31. The molecular weight excluding hydrogens is 326 g/mol. The van der Waals surface area contributed by atoms with Crippen LogP contribution in [0.3, 0.4) is 0 Å². The summed E-state index contributed by atoms with van der Waals surface area (Å²) in [7, 11) is 0. The van der Waals surface area contributed by atoms with Crippen molar-refractivity contribution in [3.8, 4) is 0 Å². The van der Waals surface area contributed by atoms with E-state index in [0.717, 1.165) is 30.4 Å². The van der Waals surface area contributed by atoms with Crippen LogP contribution in [0.15, 0.2) is 42.7 Å². The van der Waals surface area contributed by atoms with Gasteiger partial charge in [0.25, 0.3) is 5.91 Å². The number of hydrogen-bond acceptors (Lipinski definition) is 3. The molecule has 3 rings (SSSR count). The molecule has 1 aromatic carbocycles. The molecule has 0 bridgehead atoms. The summed E-state index contributed by atoms with van der Waals surface area (Å²) in [5.41, 5.74) is 7.98. The van der Waals surface area contributed by atoms with Crippen LogP contribution in [-0.4, -0.2) is 28.2 Å². The lowest BCUT2D eigenvalue weighted by atomic mass is 9.86. The monoisotopic (exact) mass is 343 g/mol. The van der Waals surface area contributed by atoms with Crippen molar-refractivity contribution in [2.75, 3.05) is 6.54 Å². The predicted molar refractivity (Wildman–Crippen MR) is 91.6 cm³/mol. The largest absolute Gasteiger partial charge is 0.368 e. The molecule has 0 fully saturated rings. The fourth-order valence-corrected chi connectivity index (χ4v) is 3.40. The number of nitrogens with zero attached hydrogens (tertiary/aromatic N) is 2. The van der Waals surface area contributed by atoms with Crippen LogP contribution in [-0.2, 0) is 11.2 Å². The maximum absolute atomic E-state index is 12.9. The van der Waals surface area contributed by atoms with Gasteiger partial charge in [-0.05, 0) is 54.7 Å². The molecule has 1 aliphatic carbocycles. The molecule has 1 aromatic heterocycles. The van der Waals surface area contributed by atoms with E-state index in [1.807, 2.05) is 18.2 Å². The number of carbonyl (C=O) groups excluding carboxylic acids is 2. The van der Waals surface area contributed by atoms with Gasteiger partial charge in [0.05, 0.1) is 11.6 Å². The Kier molecular flexibility index (Phi) is 4.81. The van der Waals surface area contributed by atoms with Crippen LogP contribution >= 0.6 is 11.6 Å². The lowest BCUT2D eigenvalue weighted by molar-refractivity contribution is -0.119. The maximum atomic E-state index is 12.9. The first kappa shape index (κ1) is 16.5. The fraction of sp³-hybridized carbons (Fsp3) is 0.278. The molecule has 5 nitrogen and oxygen atoms in total. The lowest BCUT2D eigenvalue weighted by Crippen LogP contribution is -2.42. The van der Waals surface area contributed by atoms with E-state index in [-0.39, 0.29) is 18.5 Å². The first-order chi connectivity index (χ1) is 11.6. The molecule has 0 saturated carbocycles. The molecule has 0 saturated heterocycles. The summed E-state index contributed by atoms with van der Waals surface area (Å²) in [6.07, 6.45) is 5.75. The molecule has 2 aromatic rings. The van der Waals surface area contributed by atoms with Crippen molar-refractivity contribution >= 4 is 23.4 Å². The van der Waals surface area contributed by atoms with E-state index in [0.29, 0.717) is 10.6 Å². The third kappa shape index (κ3) is 3.41. The van der Waals surface area contributed by atoms with Crippen LogP contribution in [0.25, 0.3) is 0 Å². The highest BCUT2D eigenvalue weighted by Crippen LogP contribution is 2.36. The number of rotatable bonds is 4. The van der Waals surface area contributed by atoms with Crippen LogP contribution < -0.4 is 5.73 Å². The Morgan fingerprint density at radius 3 is 2.88 bits per heavy atom. The molecule has 24 heavy (non-hydrogen) atoms. The number of nitrogens with two attached hydrogens (primary N) is 1. The second-order valence-corrected chi connectivity index (χ2v) is 6.33. The third-order valence-corrected chi connectivity index (χ3v) is 4.50. The zero-order valence-electron chi connectivity index (χ0n) is 13.1. The van der Waals surface area contributed by atoms with E-state index in [1.165, 1.54) is 11.1 Å². The smallest absolute Gasteiger partial charge is 0.256 e. The van der Waals surface area contributed by atoms with Crippen molar-refractivity contribution in [3.05, 3.63) is 64.4 Å². The number of hydrogen-bond donors (Lipinski definition) is 1. The van der Waals surface area contributed by atoms with Crippen LogP contribution in [0, 0.1) is 0 Å². The second kappa shape index (κ2) is 7.01. The Hall–Kier alpha value is -2.40. The minimum absolute atomic E-state index is 0.135. The lowest BCUT2D eigenvalue weighted by Gasteiger charge is -2.35. The summed E-state index contributed by atoms with van der Waals surface area (Å²) in [4.78, 5) is 30.0. The summed E-state index contributed by atoms with van der Waals surface area (Å²) < 4.78 is 0. The van der Waals surface area contributed by atoms with Gasteiger partial charge in [-0.3, -0.25) is 14.6 Å². The van der Waals surface area contributed by atoms with Gasteiger partial charge >= 0.3 is 0 Å². The van der Waals surface area contributed by atoms with E-state index >= 15 is 0 Å². The van der Waals surface area contributed by atoms with E-state index in [1.54, 1.807) is 18.3 Å². The quantitative estimate of drug-likeness (QED) is 0.927. The highest BCUT2D eigenvalue weighted by atomic mass is 35.5. The number of aryl methyl sites for hydroxylation is 1. The molecule has 2 N–H and O–H groups in total. The number of amides is 2. The molecule has 2 amide bonds. The summed E-state index contributed by atoms with van der Waals surface area (Å²) in [6.45, 7) is -0.135. The predicted octanol–water partition coefficient (Wildman–Crippen LogP) is 2.74. The number of fused-ring (bicyclic) bond motifs is 1. The van der Waals surface area contributed by atoms with E-state index in [9.17, 15) is 9.59 Å². The summed E-state index contributed by atoms with van der Waals surface area (Å²) in [5.74, 6) is -0.791. The van der Waals surface area contributed by atoms with Crippen LogP contribution in [0.1, 0.15) is 40.4 Å². The summed E-state index contributed by atoms with van der Waals surface area (Å²) in [5, 5.41) is 0.619. The molecule has 1 unspecified atom stereocenters. The first-order valence-electron chi connectivity index (χ1n) is 7.84. The minimum atomic E-state index is -0.540. The zero-order chi connectivity index (χ0) is 17.1. The fourth-order valence-electron chi connectivity index (χ4n) is 3.22. The average molecular weight is 344 g/mol. The van der Waals surface area contributed by atoms with Crippen LogP contribution in [0.4, 0.5) is 0 Å². The highest BCUT2D eigenvalue weighted by molar-refractivity contribution is 6.30. The second-order valence-electron chi connectivity index (χ2n) is 5.89. The number of benzene rings is 1. The van der Waals surface area contributed by atoms with Crippen molar-refractivity contribution in [3.63, 3.8) is 0 Å². The van der Waals surface area contributed by atoms with E-state index in [2.05, 4.69) is 4.98 Å². The van der Waals surface area contributed by atoms with Gasteiger partial charge in [0.15, 0.2) is 0 Å². The van der Waals surface area contributed by atoms with Gasteiger partial charge < -0.3 is 10.6 Å². The maximum Gasteiger partial charge on any atom is 0.256 e. The Labute approximate surface area is 145 Å². The van der Waals surface area contributed by atoms with E-state index < -0.39 is 5.91 Å². The third-order valence-electron chi connectivity index (χ3n) is 4.26. The van der Waals surface area contributed by atoms with Crippen molar-refractivity contribution in [2.45, 2.75) is 25.3 Å². The number of halogens is 1. The van der Waals surface area contributed by atoms with Gasteiger partial charge in [0.2, 0.25) is 5.91 Å². The average Bonchev–Trinajstić information content (AvgIpc) is 2.59. The topological polar surface area (TPSA) is 76.3 Å². The molecule has 1 heterocycles.